The van der Waals surface area contributed by atoms with Crippen LogP contribution >= 0.6 is 0 Å². The van der Waals surface area contributed by atoms with Crippen molar-refractivity contribution in [1.82, 2.24) is 5.32 Å². The fraction of sp³-hybridized carbons (Fsp3) is 0.929. The zero-order chi connectivity index (χ0) is 14.0. The van der Waals surface area contributed by atoms with Crippen LogP contribution in [0, 0.1) is 5.41 Å². The van der Waals surface area contributed by atoms with Gasteiger partial charge in [-0.3, -0.25) is 4.79 Å². The molecular formula is C14H28N2O2. The Morgan fingerprint density at radius 2 is 2.11 bits per heavy atom. The minimum absolute atomic E-state index is 0.00599. The SMILES string of the molecule is CCCC(C)(N)C(=O)NC1CC(OCC)C1(C)C. The number of rotatable bonds is 6. The number of nitrogens with one attached hydrogen (secondary N) is 1. The molecule has 0 heterocycles. The smallest absolute Gasteiger partial charge is 0.240 e. The topological polar surface area (TPSA) is 64.4 Å². The van der Waals surface area contributed by atoms with Gasteiger partial charge in [0.1, 0.15) is 0 Å². The second-order valence-corrected chi connectivity index (χ2v) is 6.19. The van der Waals surface area contributed by atoms with E-state index < -0.39 is 5.54 Å². The molecule has 0 aromatic carbocycles. The number of hydrogen-bond acceptors (Lipinski definition) is 3. The summed E-state index contributed by atoms with van der Waals surface area (Å²) in [6, 6.07) is 0.168. The van der Waals surface area contributed by atoms with Crippen molar-refractivity contribution in [3.05, 3.63) is 0 Å². The summed E-state index contributed by atoms with van der Waals surface area (Å²) in [5, 5.41) is 3.08. The Bertz CT molecular complexity index is 300. The number of carbonyl (C=O) groups excluding carboxylic acids is 1. The van der Waals surface area contributed by atoms with Crippen LogP contribution in [-0.4, -0.2) is 30.2 Å². The van der Waals surface area contributed by atoms with Crippen LogP contribution in [0.3, 0.4) is 0 Å². The van der Waals surface area contributed by atoms with Crippen LogP contribution in [-0.2, 0) is 9.53 Å². The molecule has 0 aliphatic heterocycles. The van der Waals surface area contributed by atoms with Gasteiger partial charge in [0.15, 0.2) is 0 Å². The van der Waals surface area contributed by atoms with Crippen molar-refractivity contribution in [1.29, 1.82) is 0 Å². The summed E-state index contributed by atoms with van der Waals surface area (Å²) in [6.45, 7) is 10.8. The van der Waals surface area contributed by atoms with Crippen LogP contribution in [0.4, 0.5) is 0 Å². The lowest BCUT2D eigenvalue weighted by molar-refractivity contribution is -0.140. The van der Waals surface area contributed by atoms with E-state index in [0.29, 0.717) is 6.42 Å². The van der Waals surface area contributed by atoms with Gasteiger partial charge >= 0.3 is 0 Å². The van der Waals surface area contributed by atoms with E-state index in [1.807, 2.05) is 13.8 Å². The molecule has 0 spiro atoms. The van der Waals surface area contributed by atoms with Crippen molar-refractivity contribution in [2.45, 2.75) is 71.6 Å². The van der Waals surface area contributed by atoms with Crippen molar-refractivity contribution < 1.29 is 9.53 Å². The lowest BCUT2D eigenvalue weighted by Crippen LogP contribution is -2.65. The number of hydrogen-bond donors (Lipinski definition) is 2. The molecule has 106 valence electrons. The van der Waals surface area contributed by atoms with Crippen LogP contribution in [0.2, 0.25) is 0 Å². The minimum Gasteiger partial charge on any atom is -0.378 e. The maximum atomic E-state index is 12.1. The molecule has 3 atom stereocenters. The van der Waals surface area contributed by atoms with Crippen molar-refractivity contribution in [3.63, 3.8) is 0 Å². The van der Waals surface area contributed by atoms with Gasteiger partial charge in [0.25, 0.3) is 0 Å². The molecule has 1 aliphatic carbocycles. The lowest BCUT2D eigenvalue weighted by Gasteiger charge is -2.52. The van der Waals surface area contributed by atoms with Crippen LogP contribution in [0.15, 0.2) is 0 Å². The maximum absolute atomic E-state index is 12.1. The van der Waals surface area contributed by atoms with Gasteiger partial charge < -0.3 is 15.8 Å². The zero-order valence-electron chi connectivity index (χ0n) is 12.4. The van der Waals surface area contributed by atoms with Gasteiger partial charge in [-0.25, -0.2) is 0 Å². The molecular weight excluding hydrogens is 228 g/mol. The number of amides is 1. The van der Waals surface area contributed by atoms with E-state index >= 15 is 0 Å². The molecule has 0 saturated heterocycles. The van der Waals surface area contributed by atoms with Gasteiger partial charge in [-0.05, 0) is 26.7 Å². The predicted molar refractivity (Wildman–Crippen MR) is 73.2 cm³/mol. The third kappa shape index (κ3) is 3.04. The minimum atomic E-state index is -0.762. The molecule has 1 fully saturated rings. The Morgan fingerprint density at radius 1 is 1.50 bits per heavy atom. The molecule has 1 amide bonds. The largest absolute Gasteiger partial charge is 0.378 e. The maximum Gasteiger partial charge on any atom is 0.240 e. The van der Waals surface area contributed by atoms with E-state index in [1.54, 1.807) is 6.92 Å². The highest BCUT2D eigenvalue weighted by Gasteiger charge is 2.50. The molecule has 0 bridgehead atoms. The van der Waals surface area contributed by atoms with Gasteiger partial charge in [-0.1, -0.05) is 27.2 Å². The van der Waals surface area contributed by atoms with E-state index in [-0.39, 0.29) is 23.5 Å². The summed E-state index contributed by atoms with van der Waals surface area (Å²) in [4.78, 5) is 12.1. The highest BCUT2D eigenvalue weighted by Crippen LogP contribution is 2.42. The average Bonchev–Trinajstić information content (AvgIpc) is 2.27. The third-order valence-electron chi connectivity index (χ3n) is 4.14. The molecule has 4 nitrogen and oxygen atoms in total. The van der Waals surface area contributed by atoms with E-state index in [2.05, 4.69) is 19.2 Å². The van der Waals surface area contributed by atoms with Crippen molar-refractivity contribution in [2.75, 3.05) is 6.61 Å². The summed E-state index contributed by atoms with van der Waals surface area (Å²) in [7, 11) is 0. The van der Waals surface area contributed by atoms with Gasteiger partial charge in [0.2, 0.25) is 5.91 Å². The first kappa shape index (κ1) is 15.4. The Morgan fingerprint density at radius 3 is 2.56 bits per heavy atom. The Balaban J connectivity index is 2.53. The van der Waals surface area contributed by atoms with Crippen LogP contribution in [0.25, 0.3) is 0 Å². The molecule has 4 heteroatoms. The molecule has 1 saturated carbocycles. The molecule has 3 N–H and O–H groups in total. The Labute approximate surface area is 111 Å². The monoisotopic (exact) mass is 256 g/mol. The molecule has 18 heavy (non-hydrogen) atoms. The first-order chi connectivity index (χ1) is 8.25. The Kier molecular flexibility index (Phi) is 4.78. The normalized spacial score (nSPS) is 29.2. The first-order valence-electron chi connectivity index (χ1n) is 6.97. The Hall–Kier alpha value is -0.610. The molecule has 0 aromatic heterocycles. The van der Waals surface area contributed by atoms with E-state index in [1.165, 1.54) is 0 Å². The number of carbonyl (C=O) groups is 1. The van der Waals surface area contributed by atoms with Crippen LogP contribution < -0.4 is 11.1 Å². The van der Waals surface area contributed by atoms with Crippen LogP contribution in [0.5, 0.6) is 0 Å². The first-order valence-corrected chi connectivity index (χ1v) is 6.97. The predicted octanol–water partition coefficient (Wildman–Crippen LogP) is 1.82. The van der Waals surface area contributed by atoms with Gasteiger partial charge in [-0.2, -0.15) is 0 Å². The summed E-state index contributed by atoms with van der Waals surface area (Å²) in [5.41, 5.74) is 5.27. The summed E-state index contributed by atoms with van der Waals surface area (Å²) in [6.07, 6.45) is 2.74. The van der Waals surface area contributed by atoms with E-state index in [4.69, 9.17) is 10.5 Å². The second-order valence-electron chi connectivity index (χ2n) is 6.19. The summed E-state index contributed by atoms with van der Waals surface area (Å²) in [5.74, 6) is -0.0441. The highest BCUT2D eigenvalue weighted by atomic mass is 16.5. The fourth-order valence-electron chi connectivity index (χ4n) is 2.57. The van der Waals surface area contributed by atoms with E-state index in [9.17, 15) is 4.79 Å². The van der Waals surface area contributed by atoms with Crippen LogP contribution in [0.1, 0.15) is 53.9 Å². The third-order valence-corrected chi connectivity index (χ3v) is 4.14. The van der Waals surface area contributed by atoms with Crippen molar-refractivity contribution in [2.24, 2.45) is 11.1 Å². The standard InChI is InChI=1S/C14H28N2O2/c1-6-8-14(5,15)12(17)16-10-9-11(18-7-2)13(10,3)4/h10-11H,6-9,15H2,1-5H3,(H,16,17). The summed E-state index contributed by atoms with van der Waals surface area (Å²) < 4.78 is 5.66. The fourth-order valence-corrected chi connectivity index (χ4v) is 2.57. The van der Waals surface area contributed by atoms with E-state index in [0.717, 1.165) is 19.4 Å². The van der Waals surface area contributed by atoms with Gasteiger partial charge in [-0.15, -0.1) is 0 Å². The zero-order valence-corrected chi connectivity index (χ0v) is 12.4. The molecule has 0 aromatic rings. The molecule has 1 rings (SSSR count). The lowest BCUT2D eigenvalue weighted by atomic mass is 9.64. The van der Waals surface area contributed by atoms with Crippen molar-refractivity contribution in [3.8, 4) is 0 Å². The average molecular weight is 256 g/mol. The number of nitrogens with two attached hydrogens (primary N) is 1. The second kappa shape index (κ2) is 5.57. The molecule has 3 unspecified atom stereocenters. The molecule has 1 aliphatic rings. The highest BCUT2D eigenvalue weighted by molar-refractivity contribution is 5.86. The quantitative estimate of drug-likeness (QED) is 0.762. The van der Waals surface area contributed by atoms with Gasteiger partial charge in [0.05, 0.1) is 11.6 Å². The summed E-state index contributed by atoms with van der Waals surface area (Å²) >= 11 is 0. The molecule has 0 radical (unpaired) electrons. The van der Waals surface area contributed by atoms with Gasteiger partial charge in [0, 0.05) is 18.1 Å². The van der Waals surface area contributed by atoms with Crippen molar-refractivity contribution >= 4 is 5.91 Å². The number of ether oxygens (including phenoxy) is 1.